The van der Waals surface area contributed by atoms with E-state index in [1.54, 1.807) is 0 Å². The highest BCUT2D eigenvalue weighted by Gasteiger charge is 2.23. The monoisotopic (exact) mass is 247 g/mol. The molecule has 0 saturated carbocycles. The van der Waals surface area contributed by atoms with Crippen LogP contribution in [0, 0.1) is 0 Å². The Morgan fingerprint density at radius 1 is 1.47 bits per heavy atom. The molecule has 1 aromatic rings. The average molecular weight is 247 g/mol. The second-order valence-corrected chi connectivity index (χ2v) is 3.11. The molecular formula is C10H11F2NO4. The molecule has 7 heteroatoms. The van der Waals surface area contributed by atoms with Crippen LogP contribution in [0.5, 0.6) is 11.6 Å². The van der Waals surface area contributed by atoms with Gasteiger partial charge < -0.3 is 14.6 Å². The van der Waals surface area contributed by atoms with E-state index in [1.165, 1.54) is 14.2 Å². The first kappa shape index (κ1) is 13.1. The Morgan fingerprint density at radius 3 is 2.53 bits per heavy atom. The first-order valence-electron chi connectivity index (χ1n) is 4.61. The first-order chi connectivity index (χ1) is 7.99. The fourth-order valence-electron chi connectivity index (χ4n) is 1.33. The highest BCUT2D eigenvalue weighted by atomic mass is 19.3. The summed E-state index contributed by atoms with van der Waals surface area (Å²) >= 11 is 0. The zero-order chi connectivity index (χ0) is 13.0. The molecule has 5 nitrogen and oxygen atoms in total. The first-order valence-corrected chi connectivity index (χ1v) is 4.61. The molecule has 0 fully saturated rings. The summed E-state index contributed by atoms with van der Waals surface area (Å²) in [4.78, 5) is 14.2. The lowest BCUT2D eigenvalue weighted by molar-refractivity contribution is -0.136. The van der Waals surface area contributed by atoms with Crippen molar-refractivity contribution in [1.29, 1.82) is 0 Å². The van der Waals surface area contributed by atoms with Crippen molar-refractivity contribution in [1.82, 2.24) is 4.98 Å². The van der Waals surface area contributed by atoms with E-state index >= 15 is 0 Å². The van der Waals surface area contributed by atoms with Gasteiger partial charge in [-0.15, -0.1) is 0 Å². The number of hydrogen-bond donors (Lipinski definition) is 1. The van der Waals surface area contributed by atoms with Gasteiger partial charge in [0, 0.05) is 6.07 Å². The lowest BCUT2D eigenvalue weighted by atomic mass is 10.2. The Labute approximate surface area is 96.0 Å². The molecular weight excluding hydrogens is 236 g/mol. The lowest BCUT2D eigenvalue weighted by Crippen LogP contribution is -2.07. The molecule has 0 spiro atoms. The molecule has 0 bridgehead atoms. The van der Waals surface area contributed by atoms with Gasteiger partial charge in [0.05, 0.1) is 26.3 Å². The third kappa shape index (κ3) is 3.02. The number of hydrogen-bond acceptors (Lipinski definition) is 4. The number of methoxy groups -OCH3 is 2. The number of carboxylic acids is 1. The fraction of sp³-hybridized carbons (Fsp3) is 0.400. The van der Waals surface area contributed by atoms with Crippen molar-refractivity contribution in [3.8, 4) is 11.6 Å². The van der Waals surface area contributed by atoms with E-state index in [9.17, 15) is 13.6 Å². The van der Waals surface area contributed by atoms with Crippen molar-refractivity contribution in [2.45, 2.75) is 12.8 Å². The Bertz CT molecular complexity index is 398. The maximum Gasteiger partial charge on any atom is 0.309 e. The van der Waals surface area contributed by atoms with Gasteiger partial charge in [-0.1, -0.05) is 0 Å². The van der Waals surface area contributed by atoms with Gasteiger partial charge in [-0.25, -0.2) is 13.8 Å². The van der Waals surface area contributed by atoms with E-state index in [0.29, 0.717) is 0 Å². The van der Waals surface area contributed by atoms with Crippen LogP contribution in [0.4, 0.5) is 8.78 Å². The number of alkyl halides is 2. The fourth-order valence-corrected chi connectivity index (χ4v) is 1.33. The van der Waals surface area contributed by atoms with Crippen molar-refractivity contribution in [2.24, 2.45) is 0 Å². The Balaban J connectivity index is 3.28. The van der Waals surface area contributed by atoms with Gasteiger partial charge >= 0.3 is 5.97 Å². The second-order valence-electron chi connectivity index (χ2n) is 3.11. The van der Waals surface area contributed by atoms with E-state index in [0.717, 1.165) is 6.07 Å². The van der Waals surface area contributed by atoms with Crippen LogP contribution in [0.3, 0.4) is 0 Å². The highest BCUT2D eigenvalue weighted by Crippen LogP contribution is 2.36. The molecule has 0 aromatic carbocycles. The van der Waals surface area contributed by atoms with E-state index in [-0.39, 0.29) is 17.3 Å². The van der Waals surface area contributed by atoms with Crippen molar-refractivity contribution < 1.29 is 28.2 Å². The molecule has 0 saturated heterocycles. The number of carboxylic acid groups (broad SMARTS) is 1. The minimum Gasteiger partial charge on any atom is -0.496 e. The molecule has 17 heavy (non-hydrogen) atoms. The molecule has 0 radical (unpaired) electrons. The van der Waals surface area contributed by atoms with Gasteiger partial charge in [0.15, 0.2) is 0 Å². The van der Waals surface area contributed by atoms with E-state index in [4.69, 9.17) is 14.6 Å². The summed E-state index contributed by atoms with van der Waals surface area (Å²) in [5.74, 6) is -1.58. The summed E-state index contributed by atoms with van der Waals surface area (Å²) in [6.45, 7) is 0. The molecule has 1 aromatic heterocycles. The summed E-state index contributed by atoms with van der Waals surface area (Å²) in [7, 11) is 2.39. The largest absolute Gasteiger partial charge is 0.496 e. The summed E-state index contributed by atoms with van der Waals surface area (Å²) in [6.07, 6.45) is -3.21. The van der Waals surface area contributed by atoms with Crippen LogP contribution in [-0.2, 0) is 11.2 Å². The Morgan fingerprint density at radius 2 is 2.12 bits per heavy atom. The third-order valence-electron chi connectivity index (χ3n) is 2.00. The predicted octanol–water partition coefficient (Wildman–Crippen LogP) is 1.66. The van der Waals surface area contributed by atoms with Crippen LogP contribution in [-0.4, -0.2) is 30.3 Å². The smallest absolute Gasteiger partial charge is 0.309 e. The number of halogens is 2. The highest BCUT2D eigenvalue weighted by molar-refractivity contribution is 5.70. The number of carbonyl (C=O) groups is 1. The number of nitrogens with zero attached hydrogens (tertiary/aromatic N) is 1. The number of pyridine rings is 1. The Kier molecular flexibility index (Phi) is 4.19. The van der Waals surface area contributed by atoms with Gasteiger partial charge in [0.1, 0.15) is 11.3 Å². The molecule has 0 aliphatic rings. The molecule has 0 aliphatic heterocycles. The maximum absolute atomic E-state index is 12.7. The van der Waals surface area contributed by atoms with Gasteiger partial charge in [-0.3, -0.25) is 4.79 Å². The van der Waals surface area contributed by atoms with E-state index in [2.05, 4.69) is 4.98 Å². The standard InChI is InChI=1S/C10H11F2NO4/c1-16-6-3-5(4-7(14)15)13-10(17-2)8(6)9(11)12/h3,9H,4H2,1-2H3,(H,14,15). The van der Waals surface area contributed by atoms with Gasteiger partial charge in [0.25, 0.3) is 6.43 Å². The topological polar surface area (TPSA) is 68.7 Å². The van der Waals surface area contributed by atoms with Crippen molar-refractivity contribution >= 4 is 5.97 Å². The van der Waals surface area contributed by atoms with Crippen molar-refractivity contribution in [2.75, 3.05) is 14.2 Å². The van der Waals surface area contributed by atoms with Gasteiger partial charge in [0.2, 0.25) is 5.88 Å². The molecule has 1 N–H and O–H groups in total. The molecule has 0 unspecified atom stereocenters. The average Bonchev–Trinajstić information content (AvgIpc) is 2.26. The van der Waals surface area contributed by atoms with Crippen LogP contribution >= 0.6 is 0 Å². The van der Waals surface area contributed by atoms with Gasteiger partial charge in [-0.2, -0.15) is 0 Å². The van der Waals surface area contributed by atoms with Crippen LogP contribution in [0.1, 0.15) is 17.7 Å². The van der Waals surface area contributed by atoms with Crippen LogP contribution < -0.4 is 9.47 Å². The zero-order valence-electron chi connectivity index (χ0n) is 9.24. The number of ether oxygens (including phenoxy) is 2. The summed E-state index contributed by atoms with van der Waals surface area (Å²) < 4.78 is 35.0. The van der Waals surface area contributed by atoms with E-state index < -0.39 is 24.4 Å². The summed E-state index contributed by atoms with van der Waals surface area (Å²) in [6, 6.07) is 1.16. The minimum atomic E-state index is -2.81. The van der Waals surface area contributed by atoms with Crippen LogP contribution in [0.2, 0.25) is 0 Å². The van der Waals surface area contributed by atoms with Crippen LogP contribution in [0.15, 0.2) is 6.07 Å². The van der Waals surface area contributed by atoms with E-state index in [1.807, 2.05) is 0 Å². The SMILES string of the molecule is COc1cc(CC(=O)O)nc(OC)c1C(F)F. The van der Waals surface area contributed by atoms with Gasteiger partial charge in [-0.05, 0) is 0 Å². The second kappa shape index (κ2) is 5.42. The maximum atomic E-state index is 12.7. The number of rotatable bonds is 5. The molecule has 0 atom stereocenters. The quantitative estimate of drug-likeness (QED) is 0.857. The molecule has 1 rings (SSSR count). The number of aliphatic carboxylic acids is 1. The zero-order valence-corrected chi connectivity index (χ0v) is 9.24. The van der Waals surface area contributed by atoms with Crippen molar-refractivity contribution in [3.63, 3.8) is 0 Å². The molecule has 94 valence electrons. The molecule has 0 aliphatic carbocycles. The predicted molar refractivity (Wildman–Crippen MR) is 53.6 cm³/mol. The van der Waals surface area contributed by atoms with Crippen molar-refractivity contribution in [3.05, 3.63) is 17.3 Å². The lowest BCUT2D eigenvalue weighted by Gasteiger charge is -2.12. The third-order valence-corrected chi connectivity index (χ3v) is 2.00. The summed E-state index contributed by atoms with van der Waals surface area (Å²) in [5, 5.41) is 8.60. The minimum absolute atomic E-state index is 0.0931. The van der Waals surface area contributed by atoms with Crippen LogP contribution in [0.25, 0.3) is 0 Å². The summed E-state index contributed by atoms with van der Waals surface area (Å²) in [5.41, 5.74) is -0.389. The molecule has 0 amide bonds. The normalized spacial score (nSPS) is 10.4. The Hall–Kier alpha value is -1.92. The number of aromatic nitrogens is 1. The molecule has 1 heterocycles.